The van der Waals surface area contributed by atoms with Crippen molar-refractivity contribution in [1.29, 1.82) is 0 Å². The van der Waals surface area contributed by atoms with Crippen LogP contribution in [-0.2, 0) is 6.42 Å². The average molecular weight is 216 g/mol. The lowest BCUT2D eigenvalue weighted by Gasteiger charge is -1.99. The highest BCUT2D eigenvalue weighted by Crippen LogP contribution is 2.09. The summed E-state index contributed by atoms with van der Waals surface area (Å²) in [6.45, 7) is 0.776. The SMILES string of the molecule is NNCCc1cncc(Br)c1. The Bertz CT molecular complexity index is 227. The summed E-state index contributed by atoms with van der Waals surface area (Å²) in [4.78, 5) is 4.02. The molecular formula is C7H10BrN3. The average Bonchev–Trinajstić information content (AvgIpc) is 2.01. The minimum Gasteiger partial charge on any atom is -0.271 e. The number of halogens is 1. The van der Waals surface area contributed by atoms with E-state index in [1.807, 2.05) is 12.3 Å². The molecule has 60 valence electrons. The number of hydrazine groups is 1. The maximum absolute atomic E-state index is 5.13. The Balaban J connectivity index is 2.56. The van der Waals surface area contributed by atoms with Crippen LogP contribution in [0.5, 0.6) is 0 Å². The summed E-state index contributed by atoms with van der Waals surface area (Å²) in [5.41, 5.74) is 3.77. The second-order valence-electron chi connectivity index (χ2n) is 2.22. The Morgan fingerprint density at radius 2 is 2.36 bits per heavy atom. The molecule has 0 aromatic carbocycles. The predicted octanol–water partition coefficient (Wildman–Crippen LogP) is 0.850. The van der Waals surface area contributed by atoms with Gasteiger partial charge in [0.05, 0.1) is 0 Å². The quantitative estimate of drug-likeness (QED) is 0.581. The van der Waals surface area contributed by atoms with Crippen molar-refractivity contribution in [3.8, 4) is 0 Å². The standard InChI is InChI=1S/C7H10BrN3/c8-7-3-6(1-2-11-9)4-10-5-7/h3-5,11H,1-2,9H2. The van der Waals surface area contributed by atoms with Crippen molar-refractivity contribution in [3.05, 3.63) is 28.5 Å². The van der Waals surface area contributed by atoms with E-state index in [-0.39, 0.29) is 0 Å². The molecular weight excluding hydrogens is 206 g/mol. The predicted molar refractivity (Wildman–Crippen MR) is 47.8 cm³/mol. The van der Waals surface area contributed by atoms with E-state index in [1.54, 1.807) is 6.20 Å². The number of nitrogens with two attached hydrogens (primary N) is 1. The van der Waals surface area contributed by atoms with Gasteiger partial charge in [0.15, 0.2) is 0 Å². The highest BCUT2D eigenvalue weighted by molar-refractivity contribution is 9.10. The number of pyridine rings is 1. The molecule has 4 heteroatoms. The van der Waals surface area contributed by atoms with Crippen molar-refractivity contribution in [2.75, 3.05) is 6.54 Å². The molecule has 3 nitrogen and oxygen atoms in total. The lowest BCUT2D eigenvalue weighted by Crippen LogP contribution is -2.24. The first-order chi connectivity index (χ1) is 5.33. The maximum atomic E-state index is 5.13. The van der Waals surface area contributed by atoms with Crippen LogP contribution >= 0.6 is 15.9 Å². The molecule has 0 aliphatic carbocycles. The fraction of sp³-hybridized carbons (Fsp3) is 0.286. The van der Waals surface area contributed by atoms with Gasteiger partial charge in [0.2, 0.25) is 0 Å². The first-order valence-electron chi connectivity index (χ1n) is 3.36. The number of hydrogen-bond acceptors (Lipinski definition) is 3. The topological polar surface area (TPSA) is 50.9 Å². The molecule has 1 aromatic rings. The zero-order chi connectivity index (χ0) is 8.10. The third kappa shape index (κ3) is 2.96. The molecule has 0 atom stereocenters. The Morgan fingerprint density at radius 3 is 3.00 bits per heavy atom. The zero-order valence-electron chi connectivity index (χ0n) is 6.05. The van der Waals surface area contributed by atoms with Crippen molar-refractivity contribution in [1.82, 2.24) is 10.4 Å². The van der Waals surface area contributed by atoms with E-state index in [9.17, 15) is 0 Å². The number of nitrogens with one attached hydrogen (secondary N) is 1. The van der Waals surface area contributed by atoms with Crippen LogP contribution in [0, 0.1) is 0 Å². The molecule has 0 spiro atoms. The summed E-state index contributed by atoms with van der Waals surface area (Å²) >= 11 is 3.34. The Labute approximate surface area is 74.1 Å². The first kappa shape index (κ1) is 8.64. The maximum Gasteiger partial charge on any atom is 0.0410 e. The van der Waals surface area contributed by atoms with Gasteiger partial charge >= 0.3 is 0 Å². The van der Waals surface area contributed by atoms with Gasteiger partial charge in [0.1, 0.15) is 0 Å². The second kappa shape index (κ2) is 4.43. The highest BCUT2D eigenvalue weighted by Gasteiger charge is 1.92. The van der Waals surface area contributed by atoms with Crippen molar-refractivity contribution < 1.29 is 0 Å². The van der Waals surface area contributed by atoms with Gasteiger partial charge < -0.3 is 0 Å². The molecule has 0 unspecified atom stereocenters. The number of nitrogens with zero attached hydrogens (tertiary/aromatic N) is 1. The van der Waals surface area contributed by atoms with Crippen LogP contribution in [0.1, 0.15) is 5.56 Å². The molecule has 0 amide bonds. The van der Waals surface area contributed by atoms with Crippen LogP contribution in [0.2, 0.25) is 0 Å². The summed E-state index contributed by atoms with van der Waals surface area (Å²) in [6, 6.07) is 2.03. The third-order valence-corrected chi connectivity index (χ3v) is 1.75. The fourth-order valence-electron chi connectivity index (χ4n) is 0.809. The molecule has 0 fully saturated rings. The molecule has 1 aromatic heterocycles. The van der Waals surface area contributed by atoms with Crippen LogP contribution in [0.3, 0.4) is 0 Å². The van der Waals surface area contributed by atoms with Crippen molar-refractivity contribution in [2.45, 2.75) is 6.42 Å². The molecule has 11 heavy (non-hydrogen) atoms. The Morgan fingerprint density at radius 1 is 1.55 bits per heavy atom. The summed E-state index contributed by atoms with van der Waals surface area (Å²) in [7, 11) is 0. The van der Waals surface area contributed by atoms with Gasteiger partial charge in [-0.15, -0.1) is 0 Å². The summed E-state index contributed by atoms with van der Waals surface area (Å²) in [5, 5.41) is 0. The minimum absolute atomic E-state index is 0.776. The van der Waals surface area contributed by atoms with Gasteiger partial charge in [-0.1, -0.05) is 0 Å². The highest BCUT2D eigenvalue weighted by atomic mass is 79.9. The Kier molecular flexibility index (Phi) is 3.48. The first-order valence-corrected chi connectivity index (χ1v) is 4.15. The van der Waals surface area contributed by atoms with Crippen LogP contribution in [0.15, 0.2) is 22.9 Å². The van der Waals surface area contributed by atoms with E-state index >= 15 is 0 Å². The molecule has 0 aliphatic heterocycles. The normalized spacial score (nSPS) is 10.0. The Hall–Kier alpha value is -0.450. The molecule has 0 saturated heterocycles. The van der Waals surface area contributed by atoms with Gasteiger partial charge in [0.25, 0.3) is 0 Å². The molecule has 1 heterocycles. The largest absolute Gasteiger partial charge is 0.271 e. The van der Waals surface area contributed by atoms with E-state index in [1.165, 1.54) is 5.56 Å². The fourth-order valence-corrected chi connectivity index (χ4v) is 1.22. The van der Waals surface area contributed by atoms with E-state index in [4.69, 9.17) is 5.84 Å². The van der Waals surface area contributed by atoms with Crippen molar-refractivity contribution in [2.24, 2.45) is 5.84 Å². The van der Waals surface area contributed by atoms with E-state index in [2.05, 4.69) is 26.3 Å². The van der Waals surface area contributed by atoms with Crippen LogP contribution < -0.4 is 11.3 Å². The monoisotopic (exact) mass is 215 g/mol. The minimum atomic E-state index is 0.776. The molecule has 0 saturated carbocycles. The lowest BCUT2D eigenvalue weighted by atomic mass is 10.2. The zero-order valence-corrected chi connectivity index (χ0v) is 7.63. The van der Waals surface area contributed by atoms with E-state index in [0.717, 1.165) is 17.4 Å². The van der Waals surface area contributed by atoms with E-state index in [0.29, 0.717) is 0 Å². The summed E-state index contributed by atoms with van der Waals surface area (Å²) in [5.74, 6) is 5.13. The second-order valence-corrected chi connectivity index (χ2v) is 3.13. The number of aromatic nitrogens is 1. The molecule has 0 bridgehead atoms. The number of hydrogen-bond donors (Lipinski definition) is 2. The van der Waals surface area contributed by atoms with Crippen molar-refractivity contribution >= 4 is 15.9 Å². The van der Waals surface area contributed by atoms with Crippen molar-refractivity contribution in [3.63, 3.8) is 0 Å². The molecule has 0 radical (unpaired) electrons. The van der Waals surface area contributed by atoms with Crippen LogP contribution in [-0.4, -0.2) is 11.5 Å². The van der Waals surface area contributed by atoms with Gasteiger partial charge in [-0.2, -0.15) is 0 Å². The summed E-state index contributed by atoms with van der Waals surface area (Å²) < 4.78 is 1.01. The van der Waals surface area contributed by atoms with Gasteiger partial charge in [-0.3, -0.25) is 16.3 Å². The molecule has 3 N–H and O–H groups in total. The summed E-state index contributed by atoms with van der Waals surface area (Å²) in [6.07, 6.45) is 4.50. The molecule has 0 aliphatic rings. The van der Waals surface area contributed by atoms with E-state index < -0.39 is 0 Å². The van der Waals surface area contributed by atoms with Crippen LogP contribution in [0.25, 0.3) is 0 Å². The van der Waals surface area contributed by atoms with Crippen LogP contribution in [0.4, 0.5) is 0 Å². The smallest absolute Gasteiger partial charge is 0.0410 e. The van der Waals surface area contributed by atoms with Gasteiger partial charge in [-0.05, 0) is 34.0 Å². The van der Waals surface area contributed by atoms with Gasteiger partial charge in [0, 0.05) is 23.4 Å². The third-order valence-electron chi connectivity index (χ3n) is 1.32. The lowest BCUT2D eigenvalue weighted by molar-refractivity contribution is 0.727. The molecule has 1 rings (SSSR count). The number of rotatable bonds is 3. The van der Waals surface area contributed by atoms with Gasteiger partial charge in [-0.25, -0.2) is 0 Å².